The highest BCUT2D eigenvalue weighted by atomic mass is 32.2. The van der Waals surface area contributed by atoms with Crippen LogP contribution in [0.2, 0.25) is 0 Å². The summed E-state index contributed by atoms with van der Waals surface area (Å²) in [4.78, 5) is 11.4. The van der Waals surface area contributed by atoms with Crippen molar-refractivity contribution in [3.05, 3.63) is 34.4 Å². The van der Waals surface area contributed by atoms with Gasteiger partial charge in [0, 0.05) is 22.3 Å². The van der Waals surface area contributed by atoms with E-state index in [0.29, 0.717) is 5.25 Å². The number of nitro benzene ring substituents is 1. The summed E-state index contributed by atoms with van der Waals surface area (Å²) in [5.74, 6) is 0. The van der Waals surface area contributed by atoms with Gasteiger partial charge in [0.25, 0.3) is 5.69 Å². The molecule has 0 atom stereocenters. The Morgan fingerprint density at radius 1 is 1.00 bits per heavy atom. The van der Waals surface area contributed by atoms with Crippen LogP contribution in [0, 0.1) is 10.1 Å². The summed E-state index contributed by atoms with van der Waals surface area (Å²) in [6.45, 7) is 0. The molecule has 1 aromatic rings. The van der Waals surface area contributed by atoms with Gasteiger partial charge in [-0.25, -0.2) is 0 Å². The van der Waals surface area contributed by atoms with Crippen LogP contribution in [0.5, 0.6) is 0 Å². The number of hydrogen-bond acceptors (Lipinski definition) is 3. The van der Waals surface area contributed by atoms with Crippen molar-refractivity contribution in [2.45, 2.75) is 55.1 Å². The van der Waals surface area contributed by atoms with Gasteiger partial charge in [0.05, 0.1) is 4.92 Å². The maximum Gasteiger partial charge on any atom is 0.269 e. The molecule has 0 aromatic heterocycles. The lowest BCUT2D eigenvalue weighted by Gasteiger charge is -2.18. The third-order valence-corrected chi connectivity index (χ3v) is 4.75. The minimum absolute atomic E-state index is 0.178. The van der Waals surface area contributed by atoms with E-state index >= 15 is 0 Å². The van der Waals surface area contributed by atoms with E-state index in [4.69, 9.17) is 0 Å². The second-order valence-electron chi connectivity index (χ2n) is 4.84. The van der Waals surface area contributed by atoms with Crippen molar-refractivity contribution in [3.63, 3.8) is 0 Å². The zero-order chi connectivity index (χ0) is 12.8. The molecule has 4 heteroatoms. The first kappa shape index (κ1) is 13.4. The van der Waals surface area contributed by atoms with Gasteiger partial charge in [-0.3, -0.25) is 10.1 Å². The largest absolute Gasteiger partial charge is 0.269 e. The zero-order valence-electron chi connectivity index (χ0n) is 10.5. The van der Waals surface area contributed by atoms with E-state index in [1.807, 2.05) is 23.9 Å². The molecule has 0 saturated heterocycles. The van der Waals surface area contributed by atoms with Crippen LogP contribution in [-0.4, -0.2) is 10.2 Å². The van der Waals surface area contributed by atoms with Gasteiger partial charge in [-0.15, -0.1) is 11.8 Å². The Balaban J connectivity index is 1.92. The smallest absolute Gasteiger partial charge is 0.258 e. The molecule has 98 valence electrons. The first-order chi connectivity index (χ1) is 8.75. The Bertz CT molecular complexity index is 383. The highest BCUT2D eigenvalue weighted by Crippen LogP contribution is 2.32. The monoisotopic (exact) mass is 265 g/mol. The molecule has 0 spiro atoms. The van der Waals surface area contributed by atoms with Gasteiger partial charge >= 0.3 is 0 Å². The maximum atomic E-state index is 10.6. The molecule has 1 saturated carbocycles. The van der Waals surface area contributed by atoms with Gasteiger partial charge in [-0.1, -0.05) is 32.1 Å². The summed E-state index contributed by atoms with van der Waals surface area (Å²) >= 11 is 1.88. The molecule has 0 unspecified atom stereocenters. The second-order valence-corrected chi connectivity index (χ2v) is 6.21. The van der Waals surface area contributed by atoms with Crippen molar-refractivity contribution < 1.29 is 4.92 Å². The fraction of sp³-hybridized carbons (Fsp3) is 0.571. The average molecular weight is 265 g/mol. The summed E-state index contributed by atoms with van der Waals surface area (Å²) in [5, 5.41) is 11.3. The fourth-order valence-corrected chi connectivity index (χ4v) is 3.62. The van der Waals surface area contributed by atoms with Crippen molar-refractivity contribution in [2.75, 3.05) is 0 Å². The van der Waals surface area contributed by atoms with Crippen LogP contribution in [-0.2, 0) is 0 Å². The van der Waals surface area contributed by atoms with Crippen molar-refractivity contribution in [3.8, 4) is 0 Å². The quantitative estimate of drug-likeness (QED) is 0.582. The topological polar surface area (TPSA) is 43.1 Å². The van der Waals surface area contributed by atoms with E-state index in [2.05, 4.69) is 0 Å². The van der Waals surface area contributed by atoms with E-state index in [1.165, 1.54) is 44.9 Å². The third kappa shape index (κ3) is 4.02. The van der Waals surface area contributed by atoms with Gasteiger partial charge in [0.15, 0.2) is 0 Å². The first-order valence-corrected chi connectivity index (χ1v) is 7.55. The van der Waals surface area contributed by atoms with Crippen LogP contribution in [0.3, 0.4) is 0 Å². The Hall–Kier alpha value is -1.03. The van der Waals surface area contributed by atoms with Gasteiger partial charge in [-0.2, -0.15) is 0 Å². The molecule has 0 N–H and O–H groups in total. The molecule has 0 heterocycles. The van der Waals surface area contributed by atoms with E-state index in [0.717, 1.165) is 4.90 Å². The van der Waals surface area contributed by atoms with Crippen LogP contribution in [0.15, 0.2) is 29.2 Å². The number of benzene rings is 1. The first-order valence-electron chi connectivity index (χ1n) is 6.67. The number of non-ortho nitro benzene ring substituents is 1. The molecule has 0 radical (unpaired) electrons. The van der Waals surface area contributed by atoms with Gasteiger partial charge in [-0.05, 0) is 25.0 Å². The summed E-state index contributed by atoms with van der Waals surface area (Å²) in [6.07, 6.45) is 9.31. The van der Waals surface area contributed by atoms with E-state index in [-0.39, 0.29) is 10.6 Å². The van der Waals surface area contributed by atoms with Crippen molar-refractivity contribution in [1.29, 1.82) is 0 Å². The highest BCUT2D eigenvalue weighted by molar-refractivity contribution is 8.00. The molecular formula is C14H19NO2S. The average Bonchev–Trinajstić information content (AvgIpc) is 2.33. The van der Waals surface area contributed by atoms with E-state index in [9.17, 15) is 10.1 Å². The maximum absolute atomic E-state index is 10.6. The number of thioether (sulfide) groups is 1. The van der Waals surface area contributed by atoms with Crippen molar-refractivity contribution in [2.24, 2.45) is 0 Å². The number of nitro groups is 1. The van der Waals surface area contributed by atoms with Crippen LogP contribution >= 0.6 is 11.8 Å². The lowest BCUT2D eigenvalue weighted by molar-refractivity contribution is -0.384. The predicted octanol–water partition coefficient (Wildman–Crippen LogP) is 4.80. The molecule has 3 nitrogen and oxygen atoms in total. The molecule has 2 rings (SSSR count). The number of nitrogens with zero attached hydrogens (tertiary/aromatic N) is 1. The standard InChI is InChI=1S/C14H19NO2S/c16-15(17)12-8-10-14(11-9-12)18-13-6-4-2-1-3-5-7-13/h8-11,13H,1-7H2. The second kappa shape index (κ2) is 6.78. The van der Waals surface area contributed by atoms with Gasteiger partial charge < -0.3 is 0 Å². The molecule has 1 aliphatic rings. The molecule has 1 fully saturated rings. The van der Waals surface area contributed by atoms with Crippen LogP contribution < -0.4 is 0 Å². The Kier molecular flexibility index (Phi) is 5.05. The summed E-state index contributed by atoms with van der Waals surface area (Å²) in [7, 11) is 0. The summed E-state index contributed by atoms with van der Waals surface area (Å²) in [5.41, 5.74) is 0.178. The molecule has 18 heavy (non-hydrogen) atoms. The van der Waals surface area contributed by atoms with Crippen LogP contribution in [0.25, 0.3) is 0 Å². The number of rotatable bonds is 3. The zero-order valence-corrected chi connectivity index (χ0v) is 11.3. The normalized spacial score (nSPS) is 18.0. The summed E-state index contributed by atoms with van der Waals surface area (Å²) < 4.78 is 0. The lowest BCUT2D eigenvalue weighted by atomic mass is 10.0. The SMILES string of the molecule is O=[N+]([O-])c1ccc(SC2CCCCCCC2)cc1. The van der Waals surface area contributed by atoms with Crippen LogP contribution in [0.1, 0.15) is 44.9 Å². The molecule has 0 aliphatic heterocycles. The molecule has 0 amide bonds. The molecule has 0 bridgehead atoms. The minimum Gasteiger partial charge on any atom is -0.258 e. The van der Waals surface area contributed by atoms with Crippen molar-refractivity contribution in [1.82, 2.24) is 0 Å². The molecule has 1 aromatic carbocycles. The van der Waals surface area contributed by atoms with Crippen molar-refractivity contribution >= 4 is 17.4 Å². The minimum atomic E-state index is -0.343. The fourth-order valence-electron chi connectivity index (χ4n) is 2.38. The lowest BCUT2D eigenvalue weighted by Crippen LogP contribution is -2.05. The van der Waals surface area contributed by atoms with Gasteiger partial charge in [0.1, 0.15) is 0 Å². The van der Waals surface area contributed by atoms with Gasteiger partial charge in [0.2, 0.25) is 0 Å². The number of hydrogen-bond donors (Lipinski definition) is 0. The van der Waals surface area contributed by atoms with E-state index < -0.39 is 0 Å². The Labute approximate surface area is 112 Å². The van der Waals surface area contributed by atoms with Crippen LogP contribution in [0.4, 0.5) is 5.69 Å². The summed E-state index contributed by atoms with van der Waals surface area (Å²) in [6, 6.07) is 6.96. The Morgan fingerprint density at radius 3 is 2.11 bits per heavy atom. The van der Waals surface area contributed by atoms with E-state index in [1.54, 1.807) is 12.1 Å². The third-order valence-electron chi connectivity index (χ3n) is 3.40. The highest BCUT2D eigenvalue weighted by Gasteiger charge is 2.13. The predicted molar refractivity (Wildman–Crippen MR) is 75.1 cm³/mol. The molecular weight excluding hydrogens is 246 g/mol. The molecule has 1 aliphatic carbocycles. The Morgan fingerprint density at radius 2 is 1.56 bits per heavy atom.